The van der Waals surface area contributed by atoms with E-state index in [2.05, 4.69) is 4.98 Å². The van der Waals surface area contributed by atoms with Crippen LogP contribution in [0.1, 0.15) is 22.5 Å². The van der Waals surface area contributed by atoms with Crippen LogP contribution in [0.4, 0.5) is 13.2 Å². The van der Waals surface area contributed by atoms with Gasteiger partial charge >= 0.3 is 6.18 Å². The maximum absolute atomic E-state index is 12.7. The van der Waals surface area contributed by atoms with Gasteiger partial charge in [0.05, 0.1) is 18.7 Å². The first kappa shape index (κ1) is 19.1. The number of furan rings is 1. The minimum atomic E-state index is -4.38. The summed E-state index contributed by atoms with van der Waals surface area (Å²) in [5.41, 5.74) is 1.47. The second-order valence-electron chi connectivity index (χ2n) is 6.33. The van der Waals surface area contributed by atoms with Crippen LogP contribution in [0.3, 0.4) is 0 Å². The fraction of sp³-hybridized carbons (Fsp3) is 0.250. The zero-order chi connectivity index (χ0) is 19.4. The van der Waals surface area contributed by atoms with Crippen LogP contribution < -0.4 is 0 Å². The Hall–Kier alpha value is -2.64. The first-order chi connectivity index (χ1) is 12.9. The van der Waals surface area contributed by atoms with E-state index in [1.807, 2.05) is 24.1 Å². The predicted molar refractivity (Wildman–Crippen MR) is 94.5 cm³/mol. The highest BCUT2D eigenvalue weighted by Gasteiger charge is 2.30. The van der Waals surface area contributed by atoms with Gasteiger partial charge in [-0.1, -0.05) is 18.2 Å². The van der Waals surface area contributed by atoms with Gasteiger partial charge in [0.1, 0.15) is 11.5 Å². The lowest BCUT2D eigenvalue weighted by atomic mass is 10.1. The van der Waals surface area contributed by atoms with Crippen LogP contribution in [-0.2, 0) is 25.9 Å². The number of aromatic nitrogens is 1. The Kier molecular flexibility index (Phi) is 5.62. The number of alkyl halides is 3. The molecule has 0 amide bonds. The van der Waals surface area contributed by atoms with E-state index in [0.717, 1.165) is 17.7 Å². The van der Waals surface area contributed by atoms with E-state index in [-0.39, 0.29) is 6.61 Å². The van der Waals surface area contributed by atoms with Crippen molar-refractivity contribution in [2.45, 2.75) is 25.9 Å². The lowest BCUT2D eigenvalue weighted by Gasteiger charge is -2.15. The summed E-state index contributed by atoms with van der Waals surface area (Å²) in [6.07, 6.45) is -0.895. The Bertz CT molecular complexity index is 874. The van der Waals surface area contributed by atoms with Gasteiger partial charge in [-0.25, -0.2) is 0 Å². The average Bonchev–Trinajstić information content (AvgIpc) is 3.04. The van der Waals surface area contributed by atoms with Crippen LogP contribution in [0.5, 0.6) is 0 Å². The summed E-state index contributed by atoms with van der Waals surface area (Å²) in [6, 6.07) is 10.3. The van der Waals surface area contributed by atoms with Gasteiger partial charge in [0.15, 0.2) is 0 Å². The maximum Gasteiger partial charge on any atom is 0.416 e. The molecular weight excluding hydrogens is 357 g/mol. The van der Waals surface area contributed by atoms with E-state index in [9.17, 15) is 18.3 Å². The number of halogens is 3. The van der Waals surface area contributed by atoms with E-state index in [1.54, 1.807) is 18.5 Å². The van der Waals surface area contributed by atoms with E-state index in [4.69, 9.17) is 4.42 Å². The van der Waals surface area contributed by atoms with Gasteiger partial charge in [-0.15, -0.1) is 0 Å². The van der Waals surface area contributed by atoms with Crippen molar-refractivity contribution in [3.8, 4) is 11.3 Å². The number of rotatable bonds is 6. The minimum Gasteiger partial charge on any atom is -0.459 e. The monoisotopic (exact) mass is 376 g/mol. The molecule has 0 spiro atoms. The van der Waals surface area contributed by atoms with Crippen molar-refractivity contribution < 1.29 is 22.7 Å². The second kappa shape index (κ2) is 7.94. The molecule has 1 N–H and O–H groups in total. The van der Waals surface area contributed by atoms with Crippen molar-refractivity contribution in [3.05, 3.63) is 77.3 Å². The van der Waals surface area contributed by atoms with Crippen molar-refractivity contribution >= 4 is 0 Å². The van der Waals surface area contributed by atoms with E-state index >= 15 is 0 Å². The normalized spacial score (nSPS) is 11.9. The van der Waals surface area contributed by atoms with E-state index in [0.29, 0.717) is 35.7 Å². The molecule has 4 nitrogen and oxygen atoms in total. The van der Waals surface area contributed by atoms with Crippen molar-refractivity contribution in [1.29, 1.82) is 0 Å². The highest BCUT2D eigenvalue weighted by molar-refractivity contribution is 5.59. The number of aliphatic hydroxyl groups excluding tert-OH is 1. The third-order valence-electron chi connectivity index (χ3n) is 4.15. The fourth-order valence-electron chi connectivity index (χ4n) is 2.80. The number of pyridine rings is 1. The van der Waals surface area contributed by atoms with E-state index < -0.39 is 11.7 Å². The number of hydrogen-bond acceptors (Lipinski definition) is 4. The largest absolute Gasteiger partial charge is 0.459 e. The Morgan fingerprint density at radius 1 is 1.11 bits per heavy atom. The zero-order valence-corrected chi connectivity index (χ0v) is 14.7. The van der Waals surface area contributed by atoms with Crippen molar-refractivity contribution in [2.75, 3.05) is 7.05 Å². The van der Waals surface area contributed by atoms with Gasteiger partial charge in [0.25, 0.3) is 0 Å². The number of hydrogen-bond donors (Lipinski definition) is 1. The summed E-state index contributed by atoms with van der Waals surface area (Å²) < 4.78 is 43.9. The molecule has 0 aliphatic heterocycles. The van der Waals surface area contributed by atoms with Crippen LogP contribution in [0, 0.1) is 0 Å². The lowest BCUT2D eigenvalue weighted by molar-refractivity contribution is -0.137. The van der Waals surface area contributed by atoms with Crippen LogP contribution in [0.2, 0.25) is 0 Å². The predicted octanol–water partition coefficient (Wildman–Crippen LogP) is 4.48. The number of nitrogens with zero attached hydrogens (tertiary/aromatic N) is 2. The molecule has 27 heavy (non-hydrogen) atoms. The van der Waals surface area contributed by atoms with Gasteiger partial charge in [-0.3, -0.25) is 9.88 Å². The third-order valence-corrected chi connectivity index (χ3v) is 4.15. The smallest absolute Gasteiger partial charge is 0.416 e. The van der Waals surface area contributed by atoms with Crippen LogP contribution in [0.25, 0.3) is 11.3 Å². The minimum absolute atomic E-state index is 0.208. The Morgan fingerprint density at radius 3 is 2.44 bits per heavy atom. The quantitative estimate of drug-likeness (QED) is 0.689. The molecule has 0 atom stereocenters. The van der Waals surface area contributed by atoms with Crippen LogP contribution in [-0.4, -0.2) is 22.0 Å². The van der Waals surface area contributed by atoms with Crippen molar-refractivity contribution in [3.63, 3.8) is 0 Å². The summed E-state index contributed by atoms with van der Waals surface area (Å²) in [7, 11) is 1.91. The summed E-state index contributed by atoms with van der Waals surface area (Å²) in [4.78, 5) is 6.08. The molecule has 0 radical (unpaired) electrons. The van der Waals surface area contributed by atoms with Gasteiger partial charge in [-0.05, 0) is 36.9 Å². The van der Waals surface area contributed by atoms with Crippen LogP contribution >= 0.6 is 0 Å². The Balaban J connectivity index is 1.77. The molecule has 0 aliphatic carbocycles. The molecule has 0 unspecified atom stereocenters. The van der Waals surface area contributed by atoms with E-state index in [1.165, 1.54) is 12.1 Å². The molecular formula is C20H19F3N2O2. The summed E-state index contributed by atoms with van der Waals surface area (Å²) in [5.74, 6) is 1.01. The van der Waals surface area contributed by atoms with Crippen molar-refractivity contribution in [1.82, 2.24) is 9.88 Å². The van der Waals surface area contributed by atoms with Gasteiger partial charge in [0, 0.05) is 30.1 Å². The highest BCUT2D eigenvalue weighted by Crippen LogP contribution is 2.32. The molecule has 142 valence electrons. The lowest BCUT2D eigenvalue weighted by Crippen LogP contribution is -2.17. The maximum atomic E-state index is 12.7. The summed E-state index contributed by atoms with van der Waals surface area (Å²) >= 11 is 0. The molecule has 7 heteroatoms. The fourth-order valence-corrected chi connectivity index (χ4v) is 2.80. The molecule has 0 bridgehead atoms. The first-order valence-electron chi connectivity index (χ1n) is 8.34. The molecule has 0 aliphatic rings. The Morgan fingerprint density at radius 2 is 1.85 bits per heavy atom. The number of benzene rings is 1. The topological polar surface area (TPSA) is 49.5 Å². The number of aliphatic hydroxyl groups is 1. The third kappa shape index (κ3) is 4.75. The van der Waals surface area contributed by atoms with Gasteiger partial charge < -0.3 is 9.52 Å². The molecule has 2 aromatic heterocycles. The molecule has 1 aromatic carbocycles. The second-order valence-corrected chi connectivity index (χ2v) is 6.33. The first-order valence-corrected chi connectivity index (χ1v) is 8.34. The molecule has 2 heterocycles. The van der Waals surface area contributed by atoms with Crippen LogP contribution in [0.15, 0.2) is 59.3 Å². The van der Waals surface area contributed by atoms with Crippen molar-refractivity contribution in [2.24, 2.45) is 0 Å². The molecule has 3 aromatic rings. The molecule has 0 saturated heterocycles. The molecule has 0 saturated carbocycles. The zero-order valence-electron chi connectivity index (χ0n) is 14.7. The summed E-state index contributed by atoms with van der Waals surface area (Å²) in [6.45, 7) is 0.890. The molecule has 0 fully saturated rings. The Labute approximate surface area is 154 Å². The molecule has 3 rings (SSSR count). The standard InChI is InChI=1S/C20H19F3N2O2/c1-25(11-14-3-2-8-24-10-14)12-19-16(13-26)9-18(27-19)15-4-6-17(7-5-15)20(21,22)23/h2-10,26H,11-13H2,1H3. The summed E-state index contributed by atoms with van der Waals surface area (Å²) in [5, 5.41) is 9.59. The SMILES string of the molecule is CN(Cc1cccnc1)Cc1oc(-c2ccc(C(F)(F)F)cc2)cc1CO. The van der Waals surface area contributed by atoms with Gasteiger partial charge in [-0.2, -0.15) is 13.2 Å². The van der Waals surface area contributed by atoms with Gasteiger partial charge in [0.2, 0.25) is 0 Å². The highest BCUT2D eigenvalue weighted by atomic mass is 19.4. The average molecular weight is 376 g/mol.